The van der Waals surface area contributed by atoms with Crippen LogP contribution in [-0.4, -0.2) is 30.2 Å². The fraction of sp³-hybridized carbons (Fsp3) is 0.458. The van der Waals surface area contributed by atoms with Crippen molar-refractivity contribution < 1.29 is 19.0 Å². The van der Waals surface area contributed by atoms with Gasteiger partial charge in [-0.3, -0.25) is 4.79 Å². The number of rotatable bonds is 8. The smallest absolute Gasteiger partial charge is 0.262 e. The SMILES string of the molecule is CCCCc1nc(OCC(=O)Nc2cccc(OC)c2)c(C#N)c2c1COC(C)(C)C2. The quantitative estimate of drug-likeness (QED) is 0.685. The largest absolute Gasteiger partial charge is 0.497 e. The van der Waals surface area contributed by atoms with E-state index in [0.29, 0.717) is 30.0 Å². The molecule has 164 valence electrons. The summed E-state index contributed by atoms with van der Waals surface area (Å²) in [6.45, 7) is 6.32. The molecule has 7 heteroatoms. The lowest BCUT2D eigenvalue weighted by Gasteiger charge is -2.33. The van der Waals surface area contributed by atoms with Crippen molar-refractivity contribution in [3.05, 3.63) is 46.6 Å². The van der Waals surface area contributed by atoms with Gasteiger partial charge in [0.1, 0.15) is 17.4 Å². The summed E-state index contributed by atoms with van der Waals surface area (Å²) in [5.74, 6) is 0.522. The van der Waals surface area contributed by atoms with Gasteiger partial charge in [-0.05, 0) is 44.4 Å². The van der Waals surface area contributed by atoms with Gasteiger partial charge in [-0.25, -0.2) is 4.98 Å². The zero-order valence-corrected chi connectivity index (χ0v) is 18.6. The van der Waals surface area contributed by atoms with E-state index < -0.39 is 0 Å². The first-order chi connectivity index (χ1) is 14.9. The van der Waals surface area contributed by atoms with E-state index in [0.717, 1.165) is 36.1 Å². The van der Waals surface area contributed by atoms with Crippen LogP contribution in [0.4, 0.5) is 5.69 Å². The van der Waals surface area contributed by atoms with Crippen LogP contribution in [0.5, 0.6) is 11.6 Å². The first-order valence-corrected chi connectivity index (χ1v) is 10.5. The number of methoxy groups -OCH3 is 1. The van der Waals surface area contributed by atoms with E-state index in [4.69, 9.17) is 14.2 Å². The van der Waals surface area contributed by atoms with Gasteiger partial charge in [-0.2, -0.15) is 5.26 Å². The fourth-order valence-electron chi connectivity index (χ4n) is 3.61. The number of nitrogens with one attached hydrogen (secondary N) is 1. The van der Waals surface area contributed by atoms with E-state index in [-0.39, 0.29) is 24.0 Å². The lowest BCUT2D eigenvalue weighted by molar-refractivity contribution is -0.118. The van der Waals surface area contributed by atoms with E-state index in [1.165, 1.54) is 0 Å². The summed E-state index contributed by atoms with van der Waals surface area (Å²) in [4.78, 5) is 17.0. The van der Waals surface area contributed by atoms with Gasteiger partial charge in [0.25, 0.3) is 5.91 Å². The van der Waals surface area contributed by atoms with E-state index in [2.05, 4.69) is 23.3 Å². The maximum Gasteiger partial charge on any atom is 0.262 e. The van der Waals surface area contributed by atoms with Crippen molar-refractivity contribution in [1.29, 1.82) is 5.26 Å². The number of aryl methyl sites for hydroxylation is 1. The molecule has 2 heterocycles. The molecule has 1 aliphatic heterocycles. The molecule has 0 saturated heterocycles. The number of nitriles is 1. The number of hydrogen-bond acceptors (Lipinski definition) is 6. The number of nitrogens with zero attached hydrogens (tertiary/aromatic N) is 2. The number of benzene rings is 1. The van der Waals surface area contributed by atoms with Crippen LogP contribution in [0.3, 0.4) is 0 Å². The van der Waals surface area contributed by atoms with Crippen LogP contribution in [-0.2, 0) is 29.0 Å². The van der Waals surface area contributed by atoms with Gasteiger partial charge in [0.2, 0.25) is 5.88 Å². The second kappa shape index (κ2) is 9.80. The van der Waals surface area contributed by atoms with Crippen molar-refractivity contribution in [3.8, 4) is 17.7 Å². The molecule has 1 aromatic heterocycles. The van der Waals surface area contributed by atoms with Crippen molar-refractivity contribution >= 4 is 11.6 Å². The maximum atomic E-state index is 12.4. The van der Waals surface area contributed by atoms with Gasteiger partial charge >= 0.3 is 0 Å². The number of hydrogen-bond donors (Lipinski definition) is 1. The number of carbonyl (C=O) groups excluding carboxylic acids is 1. The second-order valence-electron chi connectivity index (χ2n) is 8.21. The van der Waals surface area contributed by atoms with Crippen LogP contribution in [0.1, 0.15) is 56.0 Å². The van der Waals surface area contributed by atoms with Gasteiger partial charge in [0.05, 0.1) is 25.0 Å². The third-order valence-electron chi connectivity index (χ3n) is 5.25. The third-order valence-corrected chi connectivity index (χ3v) is 5.25. The molecule has 0 atom stereocenters. The molecule has 0 unspecified atom stereocenters. The first-order valence-electron chi connectivity index (χ1n) is 10.5. The number of aromatic nitrogens is 1. The van der Waals surface area contributed by atoms with Crippen molar-refractivity contribution in [2.45, 2.75) is 58.7 Å². The molecule has 0 radical (unpaired) electrons. The molecule has 0 bridgehead atoms. The zero-order valence-electron chi connectivity index (χ0n) is 18.6. The first kappa shape index (κ1) is 22.6. The average molecular weight is 424 g/mol. The van der Waals surface area contributed by atoms with Gasteiger partial charge in [-0.1, -0.05) is 19.4 Å². The number of ether oxygens (including phenoxy) is 3. The highest BCUT2D eigenvalue weighted by molar-refractivity contribution is 5.92. The highest BCUT2D eigenvalue weighted by atomic mass is 16.5. The number of amides is 1. The Bertz CT molecular complexity index is 995. The molecule has 0 spiro atoms. The van der Waals surface area contributed by atoms with Crippen molar-refractivity contribution in [2.24, 2.45) is 0 Å². The predicted molar refractivity (Wildman–Crippen MR) is 117 cm³/mol. The Balaban J connectivity index is 1.82. The summed E-state index contributed by atoms with van der Waals surface area (Å²) in [6, 6.07) is 9.32. The molecule has 0 fully saturated rings. The third kappa shape index (κ3) is 5.53. The Labute approximate surface area is 183 Å². The Morgan fingerprint density at radius 2 is 2.16 bits per heavy atom. The molecular weight excluding hydrogens is 394 g/mol. The number of pyridine rings is 1. The zero-order chi connectivity index (χ0) is 22.4. The lowest BCUT2D eigenvalue weighted by atomic mass is 9.87. The standard InChI is InChI=1S/C24H29N3O4/c1-5-6-10-21-20-14-31-24(2,3)12-18(20)19(13-25)23(27-21)30-15-22(28)26-16-8-7-9-17(11-16)29-4/h7-9,11H,5-6,10,12,14-15H2,1-4H3,(H,26,28). The Kier molecular flexibility index (Phi) is 7.13. The van der Waals surface area contributed by atoms with Crippen LogP contribution in [0, 0.1) is 11.3 Å². The van der Waals surface area contributed by atoms with Crippen LogP contribution >= 0.6 is 0 Å². The minimum absolute atomic E-state index is 0.214. The summed E-state index contributed by atoms with van der Waals surface area (Å²) >= 11 is 0. The molecular formula is C24H29N3O4. The van der Waals surface area contributed by atoms with Gasteiger partial charge in [0.15, 0.2) is 6.61 Å². The predicted octanol–water partition coefficient (Wildman–Crippen LogP) is 4.17. The molecule has 1 aliphatic rings. The van der Waals surface area contributed by atoms with E-state index in [1.807, 2.05) is 13.8 Å². The minimum Gasteiger partial charge on any atom is -0.497 e. The monoisotopic (exact) mass is 423 g/mol. The number of carbonyl (C=O) groups is 1. The number of fused-ring (bicyclic) bond motifs is 1. The average Bonchev–Trinajstić information content (AvgIpc) is 2.75. The molecule has 0 saturated carbocycles. The summed E-state index contributed by atoms with van der Waals surface area (Å²) in [6.07, 6.45) is 3.38. The van der Waals surface area contributed by atoms with Crippen LogP contribution < -0.4 is 14.8 Å². The van der Waals surface area contributed by atoms with Crippen LogP contribution in [0.25, 0.3) is 0 Å². The molecule has 0 aliphatic carbocycles. The summed E-state index contributed by atoms with van der Waals surface area (Å²) < 4.78 is 16.9. The van der Waals surface area contributed by atoms with E-state index in [1.54, 1.807) is 31.4 Å². The van der Waals surface area contributed by atoms with Crippen LogP contribution in [0.15, 0.2) is 24.3 Å². The van der Waals surface area contributed by atoms with Gasteiger partial charge in [-0.15, -0.1) is 0 Å². The molecule has 7 nitrogen and oxygen atoms in total. The molecule has 1 aromatic carbocycles. The van der Waals surface area contributed by atoms with E-state index in [9.17, 15) is 10.1 Å². The topological polar surface area (TPSA) is 93.5 Å². The Morgan fingerprint density at radius 3 is 2.87 bits per heavy atom. The number of unbranched alkanes of at least 4 members (excludes halogenated alkanes) is 1. The lowest BCUT2D eigenvalue weighted by Crippen LogP contribution is -2.33. The Hall–Kier alpha value is -3.11. The van der Waals surface area contributed by atoms with Gasteiger partial charge < -0.3 is 19.5 Å². The summed E-state index contributed by atoms with van der Waals surface area (Å²) in [7, 11) is 1.57. The van der Waals surface area contributed by atoms with E-state index >= 15 is 0 Å². The molecule has 1 amide bonds. The van der Waals surface area contributed by atoms with Gasteiger partial charge in [0, 0.05) is 23.7 Å². The Morgan fingerprint density at radius 1 is 1.35 bits per heavy atom. The highest BCUT2D eigenvalue weighted by Gasteiger charge is 2.32. The second-order valence-corrected chi connectivity index (χ2v) is 8.21. The summed E-state index contributed by atoms with van der Waals surface area (Å²) in [5.41, 5.74) is 3.41. The van der Waals surface area contributed by atoms with Crippen LogP contribution in [0.2, 0.25) is 0 Å². The highest BCUT2D eigenvalue weighted by Crippen LogP contribution is 2.35. The normalized spacial score (nSPS) is 14.3. The fourth-order valence-corrected chi connectivity index (χ4v) is 3.61. The van der Waals surface area contributed by atoms with Crippen molar-refractivity contribution in [2.75, 3.05) is 19.0 Å². The maximum absolute atomic E-state index is 12.4. The minimum atomic E-state index is -0.372. The molecule has 31 heavy (non-hydrogen) atoms. The molecule has 2 aromatic rings. The summed E-state index contributed by atoms with van der Waals surface area (Å²) in [5, 5.41) is 12.6. The van der Waals surface area contributed by atoms with Crippen molar-refractivity contribution in [3.63, 3.8) is 0 Å². The molecule has 3 rings (SSSR count). The van der Waals surface area contributed by atoms with Crippen molar-refractivity contribution in [1.82, 2.24) is 4.98 Å². The number of anilines is 1. The molecule has 1 N–H and O–H groups in total.